The first-order valence-corrected chi connectivity index (χ1v) is 17.7. The van der Waals surface area contributed by atoms with E-state index >= 15 is 0 Å². The molecule has 242 valence electrons. The Bertz CT molecular complexity index is 1360. The number of carbonyl (C=O) groups is 1. The Kier molecular flexibility index (Phi) is 9.10. The Morgan fingerprint density at radius 1 is 1.05 bits per heavy atom. The van der Waals surface area contributed by atoms with Crippen LogP contribution in [0.25, 0.3) is 10.9 Å². The molecule has 2 aromatic rings. The van der Waals surface area contributed by atoms with Crippen LogP contribution < -0.4 is 14.4 Å². The summed E-state index contributed by atoms with van der Waals surface area (Å²) in [5, 5.41) is 1.06. The number of fused-ring (bicyclic) bond motifs is 1. The molecule has 0 amide bonds. The van der Waals surface area contributed by atoms with E-state index in [1.807, 2.05) is 27.7 Å². The normalized spacial score (nSPS) is 24.9. The van der Waals surface area contributed by atoms with Crippen LogP contribution in [0.15, 0.2) is 10.5 Å². The number of carbonyl (C=O) groups excluding carboxylic acids is 1. The van der Waals surface area contributed by atoms with Crippen molar-refractivity contribution >= 4 is 38.6 Å². The van der Waals surface area contributed by atoms with E-state index in [4.69, 9.17) is 24.2 Å². The molecule has 2 aliphatic carbocycles. The lowest BCUT2D eigenvalue weighted by molar-refractivity contribution is -0.164. The topological polar surface area (TPSA) is 77.0 Å². The van der Waals surface area contributed by atoms with Crippen molar-refractivity contribution in [3.8, 4) is 11.8 Å². The third-order valence-electron chi connectivity index (χ3n) is 10.4. The maximum absolute atomic E-state index is 13.0. The Balaban J connectivity index is 1.27. The number of benzene rings is 1. The minimum Gasteiger partial charge on any atom is -0.490 e. The van der Waals surface area contributed by atoms with Crippen molar-refractivity contribution in [3.05, 3.63) is 16.1 Å². The molecule has 4 aliphatic rings. The first-order chi connectivity index (χ1) is 20.9. The van der Waals surface area contributed by atoms with Crippen molar-refractivity contribution in [2.24, 2.45) is 17.3 Å². The summed E-state index contributed by atoms with van der Waals surface area (Å²) in [6, 6.07) is 2.77. The van der Waals surface area contributed by atoms with E-state index < -0.39 is 5.60 Å². The lowest BCUT2D eigenvalue weighted by Crippen LogP contribution is -2.45. The lowest BCUT2D eigenvalue weighted by atomic mass is 9.62. The van der Waals surface area contributed by atoms with Gasteiger partial charge in [0.15, 0.2) is 5.75 Å². The number of aromatic nitrogens is 2. The fourth-order valence-corrected chi connectivity index (χ4v) is 8.50. The molecule has 2 aliphatic heterocycles. The van der Waals surface area contributed by atoms with Gasteiger partial charge in [0.05, 0.1) is 17.0 Å². The third-order valence-corrected chi connectivity index (χ3v) is 11.2. The van der Waals surface area contributed by atoms with Gasteiger partial charge in [-0.2, -0.15) is 9.97 Å². The van der Waals surface area contributed by atoms with Gasteiger partial charge in [0.2, 0.25) is 0 Å². The van der Waals surface area contributed by atoms with E-state index in [1.54, 1.807) is 0 Å². The van der Waals surface area contributed by atoms with E-state index in [9.17, 15) is 4.79 Å². The fraction of sp³-hybridized carbons (Fsp3) is 0.743. The van der Waals surface area contributed by atoms with Gasteiger partial charge in [-0.25, -0.2) is 0 Å². The van der Waals surface area contributed by atoms with Crippen molar-refractivity contribution in [3.63, 3.8) is 0 Å². The molecule has 4 fully saturated rings. The second kappa shape index (κ2) is 12.6. The second-order valence-electron chi connectivity index (χ2n) is 15.0. The summed E-state index contributed by atoms with van der Waals surface area (Å²) in [5.41, 5.74) is 1.97. The zero-order valence-electron chi connectivity index (χ0n) is 27.6. The summed E-state index contributed by atoms with van der Waals surface area (Å²) < 4.78 is 19.6. The standard InChI is InChI=1S/C35H51BrN4O4/c1-7-42-30-28(36)26(23-8-9-23)20-27-29(30)37-33(43-24-11-16-39(6)17-12-24)38-31(27)40-18-14-35(15-19-40)13-10-25(22(2)21-35)32(41)44-34(3,4)5/h20,22-25H,7-19,21H2,1-6H3. The van der Waals surface area contributed by atoms with Gasteiger partial charge in [-0.05, 0) is 137 Å². The first-order valence-electron chi connectivity index (χ1n) is 17.0. The molecule has 2 saturated carbocycles. The summed E-state index contributed by atoms with van der Waals surface area (Å²) in [6.07, 6.45) is 9.75. The van der Waals surface area contributed by atoms with E-state index in [0.717, 1.165) is 98.1 Å². The Morgan fingerprint density at radius 2 is 1.75 bits per heavy atom. The average molecular weight is 672 g/mol. The Labute approximate surface area is 271 Å². The van der Waals surface area contributed by atoms with Crippen LogP contribution in [-0.2, 0) is 9.53 Å². The van der Waals surface area contributed by atoms with E-state index in [2.05, 4.69) is 45.8 Å². The van der Waals surface area contributed by atoms with Crippen LogP contribution in [0.4, 0.5) is 5.82 Å². The van der Waals surface area contributed by atoms with Gasteiger partial charge in [0, 0.05) is 31.6 Å². The number of halogens is 1. The zero-order chi connectivity index (χ0) is 31.2. The first kappa shape index (κ1) is 31.8. The Hall–Kier alpha value is -2.13. The molecule has 1 aromatic carbocycles. The number of nitrogens with zero attached hydrogens (tertiary/aromatic N) is 4. The number of piperidine rings is 2. The van der Waals surface area contributed by atoms with Gasteiger partial charge in [-0.15, -0.1) is 0 Å². The van der Waals surface area contributed by atoms with Crippen LogP contribution in [0.3, 0.4) is 0 Å². The summed E-state index contributed by atoms with van der Waals surface area (Å²) >= 11 is 3.90. The molecule has 6 rings (SSSR count). The summed E-state index contributed by atoms with van der Waals surface area (Å²) in [6.45, 7) is 14.6. The molecular weight excluding hydrogens is 620 g/mol. The van der Waals surface area contributed by atoms with Gasteiger partial charge >= 0.3 is 12.0 Å². The molecule has 9 heteroatoms. The van der Waals surface area contributed by atoms with Crippen LogP contribution in [-0.4, -0.2) is 72.4 Å². The molecule has 2 saturated heterocycles. The molecule has 2 atom stereocenters. The molecule has 44 heavy (non-hydrogen) atoms. The zero-order valence-corrected chi connectivity index (χ0v) is 29.2. The molecular formula is C35H51BrN4O4. The quantitative estimate of drug-likeness (QED) is 0.280. The third kappa shape index (κ3) is 6.84. The predicted octanol–water partition coefficient (Wildman–Crippen LogP) is 7.51. The van der Waals surface area contributed by atoms with Gasteiger partial charge in [0.25, 0.3) is 0 Å². The molecule has 0 N–H and O–H groups in total. The summed E-state index contributed by atoms with van der Waals surface area (Å²) in [4.78, 5) is 27.9. The predicted molar refractivity (Wildman–Crippen MR) is 178 cm³/mol. The van der Waals surface area contributed by atoms with E-state index in [-0.39, 0.29) is 23.4 Å². The van der Waals surface area contributed by atoms with Gasteiger partial charge in [-0.3, -0.25) is 4.79 Å². The van der Waals surface area contributed by atoms with Crippen molar-refractivity contribution < 1.29 is 19.0 Å². The van der Waals surface area contributed by atoms with Crippen molar-refractivity contribution in [1.82, 2.24) is 14.9 Å². The lowest BCUT2D eigenvalue weighted by Gasteiger charge is -2.48. The molecule has 2 unspecified atom stereocenters. The summed E-state index contributed by atoms with van der Waals surface area (Å²) in [7, 11) is 2.16. The number of ether oxygens (including phenoxy) is 3. The number of rotatable bonds is 7. The van der Waals surface area contributed by atoms with Crippen LogP contribution in [0.2, 0.25) is 0 Å². The fourth-order valence-electron chi connectivity index (χ4n) is 7.76. The molecule has 1 aromatic heterocycles. The number of hydrogen-bond donors (Lipinski definition) is 0. The maximum Gasteiger partial charge on any atom is 0.319 e. The molecule has 3 heterocycles. The highest BCUT2D eigenvalue weighted by Gasteiger charge is 2.44. The average Bonchev–Trinajstić information content (AvgIpc) is 3.80. The number of likely N-dealkylation sites (tertiary alicyclic amines) is 1. The molecule has 1 spiro atoms. The SMILES string of the molecule is CCOc1c(Br)c(C2CC2)cc2c(N3CCC4(CCC(C(=O)OC(C)(C)C)C(C)C4)CC3)nc(OC3CCN(C)CC3)nc12. The van der Waals surface area contributed by atoms with Crippen molar-refractivity contribution in [2.45, 2.75) is 110 Å². The highest BCUT2D eigenvalue weighted by atomic mass is 79.9. The Morgan fingerprint density at radius 3 is 2.36 bits per heavy atom. The largest absolute Gasteiger partial charge is 0.490 e. The van der Waals surface area contributed by atoms with Crippen LogP contribution >= 0.6 is 15.9 Å². The maximum atomic E-state index is 13.0. The van der Waals surface area contributed by atoms with Crippen molar-refractivity contribution in [2.75, 3.05) is 44.7 Å². The summed E-state index contributed by atoms with van der Waals surface area (Å²) in [5.74, 6) is 2.64. The van der Waals surface area contributed by atoms with Gasteiger partial charge in [-0.1, -0.05) is 6.92 Å². The van der Waals surface area contributed by atoms with Crippen LogP contribution in [0, 0.1) is 17.3 Å². The van der Waals surface area contributed by atoms with Crippen LogP contribution in [0.5, 0.6) is 11.8 Å². The number of hydrogen-bond acceptors (Lipinski definition) is 8. The molecule has 8 nitrogen and oxygen atoms in total. The second-order valence-corrected chi connectivity index (χ2v) is 15.8. The number of anilines is 1. The van der Waals surface area contributed by atoms with E-state index in [1.165, 1.54) is 18.4 Å². The van der Waals surface area contributed by atoms with E-state index in [0.29, 0.717) is 24.5 Å². The van der Waals surface area contributed by atoms with Gasteiger partial charge in [0.1, 0.15) is 23.0 Å². The number of esters is 1. The van der Waals surface area contributed by atoms with Crippen LogP contribution in [0.1, 0.15) is 104 Å². The van der Waals surface area contributed by atoms with Gasteiger partial charge < -0.3 is 24.0 Å². The monoisotopic (exact) mass is 670 g/mol. The minimum atomic E-state index is -0.440. The van der Waals surface area contributed by atoms with Crippen molar-refractivity contribution in [1.29, 1.82) is 0 Å². The minimum absolute atomic E-state index is 0.000697. The highest BCUT2D eigenvalue weighted by Crippen LogP contribution is 2.52. The highest BCUT2D eigenvalue weighted by molar-refractivity contribution is 9.10. The molecule has 0 radical (unpaired) electrons. The smallest absolute Gasteiger partial charge is 0.319 e. The molecule has 0 bridgehead atoms.